The monoisotopic (exact) mass is 285 g/mol. The van der Waals surface area contributed by atoms with E-state index in [1.807, 2.05) is 24.4 Å². The Kier molecular flexibility index (Phi) is 5.07. The number of hydrogen-bond donors (Lipinski definition) is 2. The summed E-state index contributed by atoms with van der Waals surface area (Å²) in [6, 6.07) is 12.4. The molecule has 4 heteroatoms. The molecule has 0 aliphatic carbocycles. The van der Waals surface area contributed by atoms with Crippen molar-refractivity contribution in [3.05, 3.63) is 59.4 Å². The minimum absolute atomic E-state index is 0.627. The molecule has 0 aliphatic heterocycles. The van der Waals surface area contributed by atoms with Crippen LogP contribution in [0.3, 0.4) is 0 Å². The predicted molar refractivity (Wildman–Crippen MR) is 88.1 cm³/mol. The molecule has 2 N–H and O–H groups in total. The molecule has 0 aliphatic rings. The third-order valence-corrected chi connectivity index (χ3v) is 3.51. The van der Waals surface area contributed by atoms with Crippen LogP contribution in [0.15, 0.2) is 42.6 Å². The second kappa shape index (κ2) is 7.01. The first kappa shape index (κ1) is 14.5. The van der Waals surface area contributed by atoms with Gasteiger partial charge in [-0.15, -0.1) is 0 Å². The van der Waals surface area contributed by atoms with E-state index in [0.717, 1.165) is 18.5 Å². The second-order valence-corrected chi connectivity index (χ2v) is 5.08. The van der Waals surface area contributed by atoms with Gasteiger partial charge in [0.15, 0.2) is 5.11 Å². The molecule has 2 rings (SSSR count). The SMILES string of the molecule is CNC(=S)Nc1ccc(CCc2ncccc2C)cc1. The van der Waals surface area contributed by atoms with Crippen molar-refractivity contribution in [3.63, 3.8) is 0 Å². The number of anilines is 1. The van der Waals surface area contributed by atoms with E-state index in [4.69, 9.17) is 12.2 Å². The lowest BCUT2D eigenvalue weighted by Gasteiger charge is -2.08. The van der Waals surface area contributed by atoms with Gasteiger partial charge in [-0.25, -0.2) is 0 Å². The number of nitrogens with zero attached hydrogens (tertiary/aromatic N) is 1. The minimum Gasteiger partial charge on any atom is -0.366 e. The van der Waals surface area contributed by atoms with Crippen molar-refractivity contribution in [2.24, 2.45) is 0 Å². The van der Waals surface area contributed by atoms with Gasteiger partial charge >= 0.3 is 0 Å². The highest BCUT2D eigenvalue weighted by molar-refractivity contribution is 7.80. The largest absolute Gasteiger partial charge is 0.366 e. The van der Waals surface area contributed by atoms with E-state index in [2.05, 4.69) is 40.7 Å². The Morgan fingerprint density at radius 1 is 1.15 bits per heavy atom. The molecule has 104 valence electrons. The Bertz CT molecular complexity index is 579. The van der Waals surface area contributed by atoms with Crippen molar-refractivity contribution < 1.29 is 0 Å². The van der Waals surface area contributed by atoms with Crippen LogP contribution < -0.4 is 10.6 Å². The highest BCUT2D eigenvalue weighted by Gasteiger charge is 2.01. The Balaban J connectivity index is 1.94. The zero-order chi connectivity index (χ0) is 14.4. The number of thiocarbonyl (C=S) groups is 1. The molecule has 1 aromatic heterocycles. The van der Waals surface area contributed by atoms with Crippen LogP contribution in [0.25, 0.3) is 0 Å². The maximum absolute atomic E-state index is 5.07. The van der Waals surface area contributed by atoms with Crippen molar-refractivity contribution in [3.8, 4) is 0 Å². The average Bonchev–Trinajstić information content (AvgIpc) is 2.48. The molecule has 0 unspecified atom stereocenters. The van der Waals surface area contributed by atoms with E-state index >= 15 is 0 Å². The maximum atomic E-state index is 5.07. The number of hydrogen-bond acceptors (Lipinski definition) is 2. The summed E-state index contributed by atoms with van der Waals surface area (Å²) < 4.78 is 0. The molecule has 0 radical (unpaired) electrons. The number of pyridine rings is 1. The summed E-state index contributed by atoms with van der Waals surface area (Å²) in [6.07, 6.45) is 3.82. The zero-order valence-electron chi connectivity index (χ0n) is 11.8. The van der Waals surface area contributed by atoms with E-state index in [1.54, 1.807) is 7.05 Å². The van der Waals surface area contributed by atoms with E-state index in [0.29, 0.717) is 5.11 Å². The molecular formula is C16H19N3S. The molecule has 1 heterocycles. The van der Waals surface area contributed by atoms with Crippen LogP contribution in [-0.2, 0) is 12.8 Å². The standard InChI is InChI=1S/C16H19N3S/c1-12-4-3-11-18-15(12)10-7-13-5-8-14(9-6-13)19-16(20)17-2/h3-6,8-9,11H,7,10H2,1-2H3,(H2,17,19,20). The van der Waals surface area contributed by atoms with Gasteiger partial charge < -0.3 is 10.6 Å². The Morgan fingerprint density at radius 3 is 2.55 bits per heavy atom. The van der Waals surface area contributed by atoms with Gasteiger partial charge in [-0.1, -0.05) is 18.2 Å². The fraction of sp³-hybridized carbons (Fsp3) is 0.250. The molecule has 0 saturated heterocycles. The van der Waals surface area contributed by atoms with Crippen molar-refractivity contribution in [1.29, 1.82) is 0 Å². The van der Waals surface area contributed by atoms with Crippen LogP contribution in [0.4, 0.5) is 5.69 Å². The molecule has 0 spiro atoms. The number of rotatable bonds is 4. The van der Waals surface area contributed by atoms with Crippen LogP contribution >= 0.6 is 12.2 Å². The first-order valence-corrected chi connectivity index (χ1v) is 7.08. The van der Waals surface area contributed by atoms with Gasteiger partial charge in [-0.05, 0) is 61.3 Å². The molecule has 0 bridgehead atoms. The molecule has 20 heavy (non-hydrogen) atoms. The summed E-state index contributed by atoms with van der Waals surface area (Å²) in [4.78, 5) is 4.42. The summed E-state index contributed by atoms with van der Waals surface area (Å²) in [5.41, 5.74) is 4.73. The van der Waals surface area contributed by atoms with E-state index in [1.165, 1.54) is 16.8 Å². The van der Waals surface area contributed by atoms with Gasteiger partial charge in [0.2, 0.25) is 0 Å². The molecule has 0 atom stereocenters. The smallest absolute Gasteiger partial charge is 0.170 e. The van der Waals surface area contributed by atoms with Crippen molar-refractivity contribution >= 4 is 23.0 Å². The average molecular weight is 285 g/mol. The molecule has 0 saturated carbocycles. The quantitative estimate of drug-likeness (QED) is 0.847. The first-order chi connectivity index (χ1) is 9.69. The van der Waals surface area contributed by atoms with Gasteiger partial charge in [-0.3, -0.25) is 4.98 Å². The topological polar surface area (TPSA) is 37.0 Å². The summed E-state index contributed by atoms with van der Waals surface area (Å²) in [5.74, 6) is 0. The Morgan fingerprint density at radius 2 is 1.90 bits per heavy atom. The normalized spacial score (nSPS) is 10.1. The molecule has 0 amide bonds. The highest BCUT2D eigenvalue weighted by atomic mass is 32.1. The van der Waals surface area contributed by atoms with Crippen LogP contribution in [0.5, 0.6) is 0 Å². The van der Waals surface area contributed by atoms with E-state index in [9.17, 15) is 0 Å². The fourth-order valence-corrected chi connectivity index (χ4v) is 2.11. The molecule has 3 nitrogen and oxygen atoms in total. The van der Waals surface area contributed by atoms with Gasteiger partial charge in [0.05, 0.1) is 0 Å². The number of benzene rings is 1. The van der Waals surface area contributed by atoms with Gasteiger partial charge in [0.1, 0.15) is 0 Å². The maximum Gasteiger partial charge on any atom is 0.170 e. The second-order valence-electron chi connectivity index (χ2n) is 4.67. The predicted octanol–water partition coefficient (Wildman–Crippen LogP) is 3.09. The van der Waals surface area contributed by atoms with Gasteiger partial charge in [0.25, 0.3) is 0 Å². The van der Waals surface area contributed by atoms with Crippen LogP contribution in [0.2, 0.25) is 0 Å². The van der Waals surface area contributed by atoms with Crippen LogP contribution in [-0.4, -0.2) is 17.1 Å². The number of aryl methyl sites for hydroxylation is 3. The van der Waals surface area contributed by atoms with E-state index < -0.39 is 0 Å². The molecular weight excluding hydrogens is 266 g/mol. The first-order valence-electron chi connectivity index (χ1n) is 6.67. The Labute approximate surface area is 125 Å². The zero-order valence-corrected chi connectivity index (χ0v) is 12.6. The van der Waals surface area contributed by atoms with Gasteiger partial charge in [-0.2, -0.15) is 0 Å². The lowest BCUT2D eigenvalue weighted by atomic mass is 10.1. The molecule has 1 aromatic carbocycles. The molecule has 0 fully saturated rings. The van der Waals surface area contributed by atoms with E-state index in [-0.39, 0.29) is 0 Å². The summed E-state index contributed by atoms with van der Waals surface area (Å²) in [6.45, 7) is 2.11. The third kappa shape index (κ3) is 4.03. The van der Waals surface area contributed by atoms with Crippen LogP contribution in [0, 0.1) is 6.92 Å². The summed E-state index contributed by atoms with van der Waals surface area (Å²) in [5, 5.41) is 6.63. The van der Waals surface area contributed by atoms with Crippen molar-refractivity contribution in [2.45, 2.75) is 19.8 Å². The summed E-state index contributed by atoms with van der Waals surface area (Å²) >= 11 is 5.07. The lowest BCUT2D eigenvalue weighted by Crippen LogP contribution is -2.23. The summed E-state index contributed by atoms with van der Waals surface area (Å²) in [7, 11) is 1.80. The Hall–Kier alpha value is -1.94. The van der Waals surface area contributed by atoms with Gasteiger partial charge in [0, 0.05) is 24.6 Å². The highest BCUT2D eigenvalue weighted by Crippen LogP contribution is 2.13. The third-order valence-electron chi connectivity index (χ3n) is 3.21. The van der Waals surface area contributed by atoms with Crippen molar-refractivity contribution in [1.82, 2.24) is 10.3 Å². The fourth-order valence-electron chi connectivity index (χ4n) is 1.99. The lowest BCUT2D eigenvalue weighted by molar-refractivity contribution is 0.900. The van der Waals surface area contributed by atoms with Crippen LogP contribution in [0.1, 0.15) is 16.8 Å². The molecule has 2 aromatic rings. The number of aromatic nitrogens is 1. The number of nitrogens with one attached hydrogen (secondary N) is 2. The minimum atomic E-state index is 0.627. The van der Waals surface area contributed by atoms with Crippen molar-refractivity contribution in [2.75, 3.05) is 12.4 Å².